The van der Waals surface area contributed by atoms with Gasteiger partial charge in [-0.25, -0.2) is 4.39 Å². The maximum absolute atomic E-state index is 13.1. The van der Waals surface area contributed by atoms with Crippen LogP contribution in [-0.2, 0) is 9.47 Å². The van der Waals surface area contributed by atoms with Crippen molar-refractivity contribution in [2.24, 2.45) is 0 Å². The van der Waals surface area contributed by atoms with Crippen LogP contribution in [0.25, 0.3) is 0 Å². The molecule has 0 saturated carbocycles. The van der Waals surface area contributed by atoms with Gasteiger partial charge < -0.3 is 19.9 Å². The number of rotatable bonds is 2. The molecule has 0 spiro atoms. The molecule has 1 aromatic rings. The SMILES string of the molecule is Nc1ccc(F)cc1O[C@@H]1CO[C@@H]2CCO[C@H]21. The molecule has 2 saturated heterocycles. The average Bonchev–Trinajstić information content (AvgIpc) is 2.88. The first-order valence-corrected chi connectivity index (χ1v) is 5.69. The molecule has 3 atom stereocenters. The summed E-state index contributed by atoms with van der Waals surface area (Å²) in [4.78, 5) is 0. The number of nitrogen functional groups attached to an aromatic ring is 1. The van der Waals surface area contributed by atoms with E-state index in [2.05, 4.69) is 0 Å². The molecule has 2 heterocycles. The molecule has 0 bridgehead atoms. The van der Waals surface area contributed by atoms with Crippen molar-refractivity contribution in [3.63, 3.8) is 0 Å². The third-order valence-electron chi connectivity index (χ3n) is 3.17. The van der Waals surface area contributed by atoms with Crippen molar-refractivity contribution in [1.82, 2.24) is 0 Å². The first-order chi connectivity index (χ1) is 8.24. The standard InChI is InChI=1S/C12H14FNO3/c13-7-1-2-8(14)10(5-7)17-11-6-16-9-3-4-15-12(9)11/h1-2,5,9,11-12H,3-4,6,14H2/t9-,11-,12-/m1/s1. The van der Waals surface area contributed by atoms with Crippen LogP contribution in [0.4, 0.5) is 10.1 Å². The van der Waals surface area contributed by atoms with Gasteiger partial charge in [0.2, 0.25) is 0 Å². The third-order valence-corrected chi connectivity index (χ3v) is 3.17. The van der Waals surface area contributed by atoms with Gasteiger partial charge in [-0.15, -0.1) is 0 Å². The Labute approximate surface area is 98.5 Å². The van der Waals surface area contributed by atoms with E-state index in [1.807, 2.05) is 0 Å². The van der Waals surface area contributed by atoms with Crippen LogP contribution in [0, 0.1) is 5.82 Å². The molecule has 0 amide bonds. The monoisotopic (exact) mass is 239 g/mol. The van der Waals surface area contributed by atoms with Gasteiger partial charge in [-0.2, -0.15) is 0 Å². The summed E-state index contributed by atoms with van der Waals surface area (Å²) < 4.78 is 29.9. The number of hydrogen-bond donors (Lipinski definition) is 1. The van der Waals surface area contributed by atoms with Crippen LogP contribution in [0.5, 0.6) is 5.75 Å². The maximum atomic E-state index is 13.1. The lowest BCUT2D eigenvalue weighted by molar-refractivity contribution is 0.0310. The number of benzene rings is 1. The van der Waals surface area contributed by atoms with Gasteiger partial charge >= 0.3 is 0 Å². The quantitative estimate of drug-likeness (QED) is 0.791. The predicted molar refractivity (Wildman–Crippen MR) is 59.3 cm³/mol. The molecule has 0 aliphatic carbocycles. The number of halogens is 1. The summed E-state index contributed by atoms with van der Waals surface area (Å²) in [5.41, 5.74) is 6.16. The first-order valence-electron chi connectivity index (χ1n) is 5.69. The molecule has 2 aliphatic heterocycles. The van der Waals surface area contributed by atoms with E-state index >= 15 is 0 Å². The van der Waals surface area contributed by atoms with Crippen molar-refractivity contribution < 1.29 is 18.6 Å². The van der Waals surface area contributed by atoms with Crippen LogP contribution < -0.4 is 10.5 Å². The summed E-state index contributed by atoms with van der Waals surface area (Å²) in [7, 11) is 0. The predicted octanol–water partition coefficient (Wildman–Crippen LogP) is 1.34. The lowest BCUT2D eigenvalue weighted by atomic mass is 10.1. The Morgan fingerprint density at radius 2 is 2.24 bits per heavy atom. The Morgan fingerprint density at radius 3 is 3.12 bits per heavy atom. The van der Waals surface area contributed by atoms with Crippen LogP contribution in [0.2, 0.25) is 0 Å². The van der Waals surface area contributed by atoms with Crippen molar-refractivity contribution in [2.75, 3.05) is 18.9 Å². The normalized spacial score (nSPS) is 31.5. The van der Waals surface area contributed by atoms with Gasteiger partial charge in [0.25, 0.3) is 0 Å². The molecule has 4 nitrogen and oxygen atoms in total. The second-order valence-electron chi connectivity index (χ2n) is 4.33. The topological polar surface area (TPSA) is 53.7 Å². The largest absolute Gasteiger partial charge is 0.483 e. The lowest BCUT2D eigenvalue weighted by Crippen LogP contribution is -2.32. The molecule has 2 N–H and O–H groups in total. The Kier molecular flexibility index (Phi) is 2.64. The van der Waals surface area contributed by atoms with Gasteiger partial charge in [-0.1, -0.05) is 0 Å². The molecule has 0 radical (unpaired) electrons. The zero-order valence-electron chi connectivity index (χ0n) is 9.27. The number of anilines is 1. The molecule has 5 heteroatoms. The van der Waals surface area contributed by atoms with E-state index in [0.29, 0.717) is 24.7 Å². The van der Waals surface area contributed by atoms with Crippen molar-refractivity contribution in [3.8, 4) is 5.75 Å². The zero-order chi connectivity index (χ0) is 11.8. The zero-order valence-corrected chi connectivity index (χ0v) is 9.27. The Bertz CT molecular complexity index is 426. The van der Waals surface area contributed by atoms with E-state index in [9.17, 15) is 4.39 Å². The number of hydrogen-bond acceptors (Lipinski definition) is 4. The molecule has 0 aromatic heterocycles. The molecule has 0 unspecified atom stereocenters. The summed E-state index contributed by atoms with van der Waals surface area (Å²) in [5, 5.41) is 0. The first kappa shape index (κ1) is 10.8. The molecule has 3 rings (SSSR count). The van der Waals surface area contributed by atoms with Crippen LogP contribution in [-0.4, -0.2) is 31.5 Å². The Morgan fingerprint density at radius 1 is 1.35 bits per heavy atom. The van der Waals surface area contributed by atoms with Gasteiger partial charge in [0, 0.05) is 12.7 Å². The van der Waals surface area contributed by atoms with E-state index in [4.69, 9.17) is 19.9 Å². The second-order valence-corrected chi connectivity index (χ2v) is 4.33. The fourth-order valence-corrected chi connectivity index (χ4v) is 2.30. The van der Waals surface area contributed by atoms with E-state index in [-0.39, 0.29) is 24.1 Å². The molecule has 2 aliphatic rings. The summed E-state index contributed by atoms with van der Waals surface area (Å²) in [6.45, 7) is 1.15. The van der Waals surface area contributed by atoms with Gasteiger partial charge in [-0.05, 0) is 18.6 Å². The third kappa shape index (κ3) is 1.96. The minimum absolute atomic E-state index is 0.0577. The molecule has 17 heavy (non-hydrogen) atoms. The summed E-state index contributed by atoms with van der Waals surface area (Å²) in [6, 6.07) is 4.09. The average molecular weight is 239 g/mol. The Hall–Kier alpha value is -1.33. The highest BCUT2D eigenvalue weighted by atomic mass is 19.1. The van der Waals surface area contributed by atoms with Gasteiger partial charge in [0.1, 0.15) is 17.7 Å². The van der Waals surface area contributed by atoms with Crippen molar-refractivity contribution in [2.45, 2.75) is 24.7 Å². The molecular weight excluding hydrogens is 225 g/mol. The summed E-state index contributed by atoms with van der Waals surface area (Å²) in [6.07, 6.45) is 0.738. The summed E-state index contributed by atoms with van der Waals surface area (Å²) >= 11 is 0. The molecule has 2 fully saturated rings. The van der Waals surface area contributed by atoms with Crippen molar-refractivity contribution in [3.05, 3.63) is 24.0 Å². The van der Waals surface area contributed by atoms with Crippen LogP contribution in [0.3, 0.4) is 0 Å². The van der Waals surface area contributed by atoms with Gasteiger partial charge in [-0.3, -0.25) is 0 Å². The summed E-state index contributed by atoms with van der Waals surface area (Å²) in [5.74, 6) is -0.00763. The highest BCUT2D eigenvalue weighted by molar-refractivity contribution is 5.52. The lowest BCUT2D eigenvalue weighted by Gasteiger charge is -2.19. The molecule has 1 aromatic carbocycles. The van der Waals surface area contributed by atoms with E-state index in [0.717, 1.165) is 6.42 Å². The van der Waals surface area contributed by atoms with Crippen molar-refractivity contribution >= 4 is 5.69 Å². The second kappa shape index (κ2) is 4.16. The number of ether oxygens (including phenoxy) is 3. The van der Waals surface area contributed by atoms with E-state index in [1.54, 1.807) is 0 Å². The highest BCUT2D eigenvalue weighted by Gasteiger charge is 2.43. The maximum Gasteiger partial charge on any atom is 0.151 e. The van der Waals surface area contributed by atoms with Gasteiger partial charge in [0.05, 0.1) is 18.4 Å². The number of nitrogens with two attached hydrogens (primary N) is 1. The van der Waals surface area contributed by atoms with E-state index < -0.39 is 0 Å². The highest BCUT2D eigenvalue weighted by Crippen LogP contribution is 2.31. The van der Waals surface area contributed by atoms with Gasteiger partial charge in [0.15, 0.2) is 6.10 Å². The molecule has 92 valence electrons. The van der Waals surface area contributed by atoms with Crippen LogP contribution in [0.15, 0.2) is 18.2 Å². The van der Waals surface area contributed by atoms with E-state index in [1.165, 1.54) is 18.2 Å². The minimum atomic E-state index is -0.364. The fraction of sp³-hybridized carbons (Fsp3) is 0.500. The minimum Gasteiger partial charge on any atom is -0.483 e. The fourth-order valence-electron chi connectivity index (χ4n) is 2.30. The Balaban J connectivity index is 1.76. The number of fused-ring (bicyclic) bond motifs is 1. The van der Waals surface area contributed by atoms with Crippen LogP contribution in [0.1, 0.15) is 6.42 Å². The molecular formula is C12H14FNO3. The van der Waals surface area contributed by atoms with Crippen LogP contribution >= 0.6 is 0 Å². The van der Waals surface area contributed by atoms with Crippen molar-refractivity contribution in [1.29, 1.82) is 0 Å². The smallest absolute Gasteiger partial charge is 0.151 e.